The Kier molecular flexibility index (Phi) is 4.15. The number of aromatic amines is 1. The van der Waals surface area contributed by atoms with Gasteiger partial charge >= 0.3 is 5.97 Å². The fraction of sp³-hybridized carbons (Fsp3) is 0.231. The molecule has 0 bridgehead atoms. The Morgan fingerprint density at radius 3 is 2.89 bits per heavy atom. The number of nitrogens with one attached hydrogen (secondary N) is 2. The molecule has 1 heterocycles. The van der Waals surface area contributed by atoms with E-state index in [-0.39, 0.29) is 25.7 Å². The molecule has 19 heavy (non-hydrogen) atoms. The average molecular weight is 262 g/mol. The molecule has 2 aromatic rings. The fourth-order valence-electron chi connectivity index (χ4n) is 1.75. The molecule has 0 atom stereocenters. The summed E-state index contributed by atoms with van der Waals surface area (Å²) in [5.74, 6) is -1.24. The molecule has 0 aliphatic heterocycles. The molecule has 0 radical (unpaired) electrons. The third kappa shape index (κ3) is 3.32. The van der Waals surface area contributed by atoms with E-state index in [1.165, 1.54) is 0 Å². The summed E-state index contributed by atoms with van der Waals surface area (Å²) in [5, 5.41) is 11.9. The van der Waals surface area contributed by atoms with Gasteiger partial charge in [0.1, 0.15) is 6.61 Å². The molecule has 100 valence electrons. The fourth-order valence-corrected chi connectivity index (χ4v) is 1.75. The Hall–Kier alpha value is -2.34. The highest BCUT2D eigenvalue weighted by Gasteiger charge is 2.10. The zero-order valence-electron chi connectivity index (χ0n) is 10.2. The number of carbonyl (C=O) groups excluding carboxylic acids is 1. The number of rotatable bonds is 6. The van der Waals surface area contributed by atoms with Crippen LogP contribution in [0.25, 0.3) is 10.9 Å². The molecule has 3 N–H and O–H groups in total. The topological polar surface area (TPSA) is 91.4 Å². The first kappa shape index (κ1) is 13.1. The Morgan fingerprint density at radius 2 is 2.11 bits per heavy atom. The van der Waals surface area contributed by atoms with E-state index in [0.29, 0.717) is 5.56 Å². The second-order valence-corrected chi connectivity index (χ2v) is 3.95. The maximum atomic E-state index is 11.9. The Bertz CT molecular complexity index is 591. The maximum absolute atomic E-state index is 11.9. The van der Waals surface area contributed by atoms with Crippen LogP contribution in [0, 0.1) is 0 Å². The van der Waals surface area contributed by atoms with Gasteiger partial charge in [0.15, 0.2) is 0 Å². The summed E-state index contributed by atoms with van der Waals surface area (Å²) in [5.41, 5.74) is 1.46. The number of hydrogen-bond donors (Lipinski definition) is 3. The molecule has 0 fully saturated rings. The summed E-state index contributed by atoms with van der Waals surface area (Å²) in [6, 6.07) is 7.51. The Balaban J connectivity index is 1.88. The number of fused-ring (bicyclic) bond motifs is 1. The number of ether oxygens (including phenoxy) is 1. The summed E-state index contributed by atoms with van der Waals surface area (Å²) in [7, 11) is 0. The number of H-pyrrole nitrogens is 1. The lowest BCUT2D eigenvalue weighted by atomic mass is 10.1. The van der Waals surface area contributed by atoms with E-state index in [9.17, 15) is 9.59 Å². The van der Waals surface area contributed by atoms with Crippen molar-refractivity contribution in [2.24, 2.45) is 0 Å². The van der Waals surface area contributed by atoms with Crippen LogP contribution in [-0.4, -0.2) is 41.7 Å². The lowest BCUT2D eigenvalue weighted by Crippen LogP contribution is -2.27. The minimum atomic E-state index is -1.03. The van der Waals surface area contributed by atoms with Crippen molar-refractivity contribution in [3.05, 3.63) is 36.0 Å². The zero-order chi connectivity index (χ0) is 13.7. The SMILES string of the molecule is O=C(O)COCCNC(=O)c1c[nH]c2ccccc12. The number of carboxylic acid groups (broad SMARTS) is 1. The van der Waals surface area contributed by atoms with Crippen LogP contribution in [0.4, 0.5) is 0 Å². The molecule has 0 aliphatic carbocycles. The van der Waals surface area contributed by atoms with Gasteiger partial charge in [-0.25, -0.2) is 4.79 Å². The van der Waals surface area contributed by atoms with Gasteiger partial charge in [0.05, 0.1) is 12.2 Å². The third-order valence-corrected chi connectivity index (χ3v) is 2.59. The lowest BCUT2D eigenvalue weighted by Gasteiger charge is -2.04. The van der Waals surface area contributed by atoms with Crippen molar-refractivity contribution < 1.29 is 19.4 Å². The highest BCUT2D eigenvalue weighted by molar-refractivity contribution is 6.06. The predicted octanol–water partition coefficient (Wildman–Crippen LogP) is 0.999. The van der Waals surface area contributed by atoms with Gasteiger partial charge in [0.2, 0.25) is 0 Å². The number of amides is 1. The largest absolute Gasteiger partial charge is 0.480 e. The lowest BCUT2D eigenvalue weighted by molar-refractivity contribution is -0.142. The van der Waals surface area contributed by atoms with E-state index in [4.69, 9.17) is 9.84 Å². The van der Waals surface area contributed by atoms with E-state index < -0.39 is 5.97 Å². The predicted molar refractivity (Wildman–Crippen MR) is 69.1 cm³/mol. The number of carbonyl (C=O) groups is 2. The Labute approximate surface area is 109 Å². The van der Waals surface area contributed by atoms with Crippen molar-refractivity contribution >= 4 is 22.8 Å². The molecule has 0 spiro atoms. The van der Waals surface area contributed by atoms with Gasteiger partial charge in [-0.05, 0) is 6.07 Å². The van der Waals surface area contributed by atoms with E-state index in [2.05, 4.69) is 10.3 Å². The van der Waals surface area contributed by atoms with E-state index in [1.54, 1.807) is 6.20 Å². The summed E-state index contributed by atoms with van der Waals surface area (Å²) >= 11 is 0. The molecule has 1 aromatic carbocycles. The molecule has 0 aliphatic rings. The number of aromatic nitrogens is 1. The first-order chi connectivity index (χ1) is 9.18. The summed E-state index contributed by atoms with van der Waals surface area (Å²) in [4.78, 5) is 25.1. The molecule has 0 saturated carbocycles. The number of benzene rings is 1. The highest BCUT2D eigenvalue weighted by atomic mass is 16.5. The van der Waals surface area contributed by atoms with Crippen LogP contribution in [0.1, 0.15) is 10.4 Å². The number of carboxylic acids is 1. The summed E-state index contributed by atoms with van der Waals surface area (Å²) < 4.78 is 4.83. The molecule has 6 heteroatoms. The monoisotopic (exact) mass is 262 g/mol. The van der Waals surface area contributed by atoms with Crippen LogP contribution in [0.15, 0.2) is 30.5 Å². The molecular formula is C13H14N2O4. The normalized spacial score (nSPS) is 10.5. The zero-order valence-corrected chi connectivity index (χ0v) is 10.2. The standard InChI is InChI=1S/C13H14N2O4/c16-12(17)8-19-6-5-14-13(18)10-7-15-11-4-2-1-3-9(10)11/h1-4,7,15H,5-6,8H2,(H,14,18)(H,16,17). The number of aliphatic carboxylic acids is 1. The smallest absolute Gasteiger partial charge is 0.329 e. The van der Waals surface area contributed by atoms with Crippen molar-refractivity contribution in [1.82, 2.24) is 10.3 Å². The van der Waals surface area contributed by atoms with Crippen LogP contribution in [0.5, 0.6) is 0 Å². The first-order valence-corrected chi connectivity index (χ1v) is 5.82. The van der Waals surface area contributed by atoms with E-state index in [1.807, 2.05) is 24.3 Å². The van der Waals surface area contributed by atoms with Crippen LogP contribution in [0.3, 0.4) is 0 Å². The van der Waals surface area contributed by atoms with E-state index >= 15 is 0 Å². The maximum Gasteiger partial charge on any atom is 0.329 e. The molecule has 1 amide bonds. The van der Waals surface area contributed by atoms with Crippen LogP contribution in [0.2, 0.25) is 0 Å². The number of para-hydroxylation sites is 1. The molecule has 0 saturated heterocycles. The van der Waals surface area contributed by atoms with Gasteiger partial charge in [0.25, 0.3) is 5.91 Å². The average Bonchev–Trinajstić information content (AvgIpc) is 2.81. The van der Waals surface area contributed by atoms with Gasteiger partial charge in [-0.3, -0.25) is 4.79 Å². The quantitative estimate of drug-likeness (QED) is 0.677. The third-order valence-electron chi connectivity index (χ3n) is 2.59. The van der Waals surface area contributed by atoms with Crippen LogP contribution < -0.4 is 5.32 Å². The van der Waals surface area contributed by atoms with Crippen molar-refractivity contribution in [2.75, 3.05) is 19.8 Å². The molecule has 2 rings (SSSR count). The first-order valence-electron chi connectivity index (χ1n) is 5.82. The van der Waals surface area contributed by atoms with Gasteiger partial charge in [-0.2, -0.15) is 0 Å². The van der Waals surface area contributed by atoms with Gasteiger partial charge < -0.3 is 20.1 Å². The van der Waals surface area contributed by atoms with Crippen molar-refractivity contribution in [1.29, 1.82) is 0 Å². The second kappa shape index (κ2) is 6.01. The molecular weight excluding hydrogens is 248 g/mol. The van der Waals surface area contributed by atoms with Gasteiger partial charge in [-0.15, -0.1) is 0 Å². The Morgan fingerprint density at radius 1 is 1.32 bits per heavy atom. The molecule has 6 nitrogen and oxygen atoms in total. The second-order valence-electron chi connectivity index (χ2n) is 3.95. The van der Waals surface area contributed by atoms with Crippen LogP contribution in [-0.2, 0) is 9.53 Å². The molecule has 0 unspecified atom stereocenters. The van der Waals surface area contributed by atoms with E-state index in [0.717, 1.165) is 10.9 Å². The highest BCUT2D eigenvalue weighted by Crippen LogP contribution is 2.17. The number of hydrogen-bond acceptors (Lipinski definition) is 3. The molecule has 1 aromatic heterocycles. The van der Waals surface area contributed by atoms with Gasteiger partial charge in [-0.1, -0.05) is 18.2 Å². The van der Waals surface area contributed by atoms with Gasteiger partial charge in [0, 0.05) is 23.6 Å². The van der Waals surface area contributed by atoms with Crippen molar-refractivity contribution in [3.8, 4) is 0 Å². The summed E-state index contributed by atoms with van der Waals surface area (Å²) in [6.07, 6.45) is 1.65. The summed E-state index contributed by atoms with van der Waals surface area (Å²) in [6.45, 7) is 0.0783. The minimum absolute atomic E-state index is 0.167. The minimum Gasteiger partial charge on any atom is -0.480 e. The van der Waals surface area contributed by atoms with Crippen molar-refractivity contribution in [2.45, 2.75) is 0 Å². The van der Waals surface area contributed by atoms with Crippen molar-refractivity contribution in [3.63, 3.8) is 0 Å². The van der Waals surface area contributed by atoms with Crippen LogP contribution >= 0.6 is 0 Å².